The predicted molar refractivity (Wildman–Crippen MR) is 240 cm³/mol. The van der Waals surface area contributed by atoms with Crippen molar-refractivity contribution in [2.45, 2.75) is 94.4 Å². The first-order chi connectivity index (χ1) is 30.5. The van der Waals surface area contributed by atoms with Crippen LogP contribution in [0.2, 0.25) is 0 Å². The number of nitrogens with zero attached hydrogens (tertiary/aromatic N) is 7. The van der Waals surface area contributed by atoms with Crippen LogP contribution in [0.4, 0.5) is 16.2 Å². The molecule has 0 bridgehead atoms. The van der Waals surface area contributed by atoms with Crippen LogP contribution in [0.1, 0.15) is 88.3 Å². The van der Waals surface area contributed by atoms with Gasteiger partial charge in [0.25, 0.3) is 5.90 Å². The fourth-order valence-electron chi connectivity index (χ4n) is 7.74. The molecular weight excluding hydrogens is 807 g/mol. The van der Waals surface area contributed by atoms with Gasteiger partial charge in [-0.2, -0.15) is 25.7 Å². The third-order valence-electron chi connectivity index (χ3n) is 11.2. The monoisotopic (exact) mass is 862 g/mol. The smallest absolute Gasteiger partial charge is 0.493 e. The number of aromatic nitrogens is 2. The third kappa shape index (κ3) is 12.0. The molecule has 2 aliphatic rings. The van der Waals surface area contributed by atoms with Gasteiger partial charge in [0.05, 0.1) is 69.0 Å². The van der Waals surface area contributed by atoms with Crippen LogP contribution >= 0.6 is 0 Å². The second-order valence-electron chi connectivity index (χ2n) is 15.3. The first-order valence-corrected chi connectivity index (χ1v) is 20.7. The highest BCUT2D eigenvalue weighted by molar-refractivity contribution is 5.95. The number of hydroxylamine groups is 1. The minimum absolute atomic E-state index is 0.0178. The van der Waals surface area contributed by atoms with Gasteiger partial charge in [0.1, 0.15) is 18.5 Å². The molecule has 0 atom stereocenters. The first kappa shape index (κ1) is 46.9. The summed E-state index contributed by atoms with van der Waals surface area (Å²) in [6.07, 6.45) is 20.0. The molecule has 5 N–H and O–H groups in total. The fourth-order valence-corrected chi connectivity index (χ4v) is 7.74. The van der Waals surface area contributed by atoms with Crippen LogP contribution < -0.4 is 20.5 Å². The Hall–Kier alpha value is -7.11. The molecule has 332 valence electrons. The summed E-state index contributed by atoms with van der Waals surface area (Å²) in [4.78, 5) is 23.2. The summed E-state index contributed by atoms with van der Waals surface area (Å²) in [7, 11) is 4.26. The number of carbonyl (C=O) groups is 1. The van der Waals surface area contributed by atoms with E-state index >= 15 is 0 Å². The quantitative estimate of drug-likeness (QED) is 0.0206. The zero-order valence-electron chi connectivity index (χ0n) is 36.2. The summed E-state index contributed by atoms with van der Waals surface area (Å²) in [6, 6.07) is 10.9. The molecule has 1 aromatic heterocycles. The fraction of sp³-hybridized carbons (Fsp3) is 0.413. The summed E-state index contributed by atoms with van der Waals surface area (Å²) in [5.41, 5.74) is 7.58. The number of anilines is 2. The summed E-state index contributed by atoms with van der Waals surface area (Å²) in [5, 5.41) is 51.2. The summed E-state index contributed by atoms with van der Waals surface area (Å²) < 4.78 is 25.9. The number of urea groups is 1. The number of oxime groups is 1. The van der Waals surface area contributed by atoms with Crippen LogP contribution in [0.3, 0.4) is 0 Å². The van der Waals surface area contributed by atoms with Gasteiger partial charge in [-0.3, -0.25) is 9.67 Å². The number of benzene rings is 2. The van der Waals surface area contributed by atoms with Gasteiger partial charge >= 0.3 is 11.9 Å². The van der Waals surface area contributed by atoms with E-state index in [1.807, 2.05) is 29.9 Å². The SMILES string of the molecule is C=C/C=C\C(OC)=[N+](\OC)C(=O)Nc1cc2cn(C3CCC(CC#N)(OC(/C=C\C=C\c4cc(C=NC5CCC(O)(CC#N)CC5)c(N)cc4OCC)=N\O)CC3)nc2cc1OC. The van der Waals surface area contributed by atoms with Crippen molar-refractivity contribution in [3.8, 4) is 23.6 Å². The van der Waals surface area contributed by atoms with Crippen molar-refractivity contribution in [2.24, 2.45) is 10.1 Å². The van der Waals surface area contributed by atoms with Gasteiger partial charge in [0, 0.05) is 63.6 Å². The van der Waals surface area contributed by atoms with E-state index in [0.29, 0.717) is 86.4 Å². The van der Waals surface area contributed by atoms with Crippen LogP contribution in [0.5, 0.6) is 11.5 Å². The molecule has 1 heterocycles. The number of amides is 2. The minimum Gasteiger partial charge on any atom is -0.493 e. The molecule has 2 amide bonds. The molecule has 0 aliphatic heterocycles. The lowest BCUT2D eigenvalue weighted by Crippen LogP contribution is -2.39. The number of nitrogens with two attached hydrogens (primary N) is 1. The molecule has 2 aromatic carbocycles. The van der Waals surface area contributed by atoms with Crippen molar-refractivity contribution in [1.29, 1.82) is 10.5 Å². The number of hydrogen-bond donors (Lipinski definition) is 4. The number of rotatable bonds is 16. The van der Waals surface area contributed by atoms with Crippen molar-refractivity contribution < 1.29 is 43.6 Å². The van der Waals surface area contributed by atoms with Crippen molar-refractivity contribution in [1.82, 2.24) is 9.78 Å². The lowest BCUT2D eigenvalue weighted by atomic mass is 9.80. The Morgan fingerprint density at radius 2 is 1.78 bits per heavy atom. The number of nitrogens with one attached hydrogen (secondary N) is 1. The maximum atomic E-state index is 13.2. The second-order valence-corrected chi connectivity index (χ2v) is 15.3. The largest absolute Gasteiger partial charge is 0.539 e. The van der Waals surface area contributed by atoms with Crippen LogP contribution in [0, 0.1) is 22.7 Å². The molecule has 2 aliphatic carbocycles. The van der Waals surface area contributed by atoms with Gasteiger partial charge in [0.2, 0.25) is 0 Å². The normalized spacial score (nSPS) is 22.2. The number of allylic oxidation sites excluding steroid dienone is 4. The van der Waals surface area contributed by atoms with E-state index < -0.39 is 17.2 Å². The van der Waals surface area contributed by atoms with Crippen LogP contribution in [0.15, 0.2) is 83.6 Å². The number of aliphatic hydroxyl groups is 1. The molecule has 5 rings (SSSR count). The van der Waals surface area contributed by atoms with E-state index in [1.54, 1.807) is 48.7 Å². The van der Waals surface area contributed by atoms with Gasteiger partial charge in [-0.05, 0) is 75.6 Å². The number of ether oxygens (including phenoxy) is 4. The van der Waals surface area contributed by atoms with Crippen molar-refractivity contribution in [2.75, 3.05) is 39.0 Å². The molecule has 0 saturated heterocycles. The lowest BCUT2D eigenvalue weighted by Gasteiger charge is -2.38. The predicted octanol–water partition coefficient (Wildman–Crippen LogP) is 7.77. The summed E-state index contributed by atoms with van der Waals surface area (Å²) >= 11 is 0. The standard InChI is InChI=1S/C46H55N9O8/c1-6-8-13-43(60-4)55(61-5)44(56)51-39-27-34-31-54(52-38(34)29-41(39)59-3)36-16-20-46(21-17-36,23-25-48)63-42(53-58)12-10-9-11-32-26-33(37(49)28-40(32)62-7-2)30-50-35-14-18-45(57,19-15-35)22-24-47/h6,8-13,26-31,35-36,57H,1,7,14-23H2,2-5H3,(H3-,49,50,51,53,56,58)/p+1/b13-8-,55-43-. The highest BCUT2D eigenvalue weighted by Crippen LogP contribution is 2.41. The highest BCUT2D eigenvalue weighted by atomic mass is 16.7. The number of methoxy groups -OCH3 is 2. The number of carbonyl (C=O) groups excluding carboxylic acids is 1. The van der Waals surface area contributed by atoms with Crippen molar-refractivity contribution in [3.05, 3.63) is 84.6 Å². The molecule has 3 aromatic rings. The zero-order valence-corrected chi connectivity index (χ0v) is 36.2. The molecule has 63 heavy (non-hydrogen) atoms. The Morgan fingerprint density at radius 3 is 2.41 bits per heavy atom. The van der Waals surface area contributed by atoms with Gasteiger partial charge in [-0.1, -0.05) is 37.0 Å². The molecule has 2 saturated carbocycles. The number of nitrogen functional groups attached to an aromatic ring is 1. The Balaban J connectivity index is 1.25. The second kappa shape index (κ2) is 22.1. The zero-order chi connectivity index (χ0) is 45.4. The molecule has 17 nitrogen and oxygen atoms in total. The maximum absolute atomic E-state index is 13.2. The molecule has 2 fully saturated rings. The number of nitriles is 2. The van der Waals surface area contributed by atoms with E-state index in [-0.39, 0.29) is 36.7 Å². The minimum atomic E-state index is -0.941. The summed E-state index contributed by atoms with van der Waals surface area (Å²) in [6.45, 7) is 5.95. The summed E-state index contributed by atoms with van der Waals surface area (Å²) in [5.74, 6) is 1.08. The Morgan fingerprint density at radius 1 is 1.03 bits per heavy atom. The average Bonchev–Trinajstić information content (AvgIpc) is 3.69. The highest BCUT2D eigenvalue weighted by Gasteiger charge is 2.39. The van der Waals surface area contributed by atoms with E-state index in [1.165, 1.54) is 33.5 Å². The van der Waals surface area contributed by atoms with Gasteiger partial charge in [-0.25, -0.2) is 0 Å². The Kier molecular flexibility index (Phi) is 16.5. The first-order valence-electron chi connectivity index (χ1n) is 20.7. The van der Waals surface area contributed by atoms with E-state index in [0.717, 1.165) is 21.3 Å². The van der Waals surface area contributed by atoms with Crippen LogP contribution in [-0.2, 0) is 14.3 Å². The van der Waals surface area contributed by atoms with E-state index in [9.17, 15) is 20.4 Å². The Bertz CT molecular complexity index is 2370. The van der Waals surface area contributed by atoms with E-state index in [2.05, 4.69) is 29.2 Å². The molecule has 0 spiro atoms. The molecule has 17 heteroatoms. The molecule has 0 unspecified atom stereocenters. The van der Waals surface area contributed by atoms with Gasteiger partial charge in [-0.15, -0.1) is 0 Å². The Labute approximate surface area is 367 Å². The molecule has 0 radical (unpaired) electrons. The van der Waals surface area contributed by atoms with Gasteiger partial charge in [0.15, 0.2) is 11.4 Å². The van der Waals surface area contributed by atoms with E-state index in [4.69, 9.17) is 44.9 Å². The lowest BCUT2D eigenvalue weighted by molar-refractivity contribution is -0.708. The van der Waals surface area contributed by atoms with Crippen LogP contribution in [-0.4, -0.2) is 94.1 Å². The number of hydrogen-bond acceptors (Lipinski definition) is 14. The average molecular weight is 863 g/mol. The number of aliphatic imine (C=N–C) groups is 1. The molecular formula is C46H56N9O8+. The third-order valence-corrected chi connectivity index (χ3v) is 11.2. The maximum Gasteiger partial charge on any atom is 0.539 e. The number of fused-ring (bicyclic) bond motifs is 1. The van der Waals surface area contributed by atoms with Crippen LogP contribution in [0.25, 0.3) is 17.0 Å². The van der Waals surface area contributed by atoms with Crippen molar-refractivity contribution >= 4 is 52.4 Å². The topological polar surface area (TPSA) is 235 Å². The van der Waals surface area contributed by atoms with Gasteiger partial charge < -0.3 is 39.8 Å². The van der Waals surface area contributed by atoms with Crippen molar-refractivity contribution in [3.63, 3.8) is 0 Å².